The first-order chi connectivity index (χ1) is 16.7. The zero-order valence-corrected chi connectivity index (χ0v) is 22.0. The number of rotatable bonds is 5. The molecule has 4 fully saturated rings. The number of hydrogen-bond acceptors (Lipinski definition) is 4. The van der Waals surface area contributed by atoms with Gasteiger partial charge in [-0.2, -0.15) is 5.10 Å². The summed E-state index contributed by atoms with van der Waals surface area (Å²) >= 11 is 9.62. The molecule has 4 aliphatic carbocycles. The van der Waals surface area contributed by atoms with Crippen molar-refractivity contribution in [3.63, 3.8) is 0 Å². The van der Waals surface area contributed by atoms with Crippen molar-refractivity contribution in [3.05, 3.63) is 57.1 Å². The highest BCUT2D eigenvalue weighted by molar-refractivity contribution is 9.10. The molecule has 2 unspecified atom stereocenters. The van der Waals surface area contributed by atoms with Gasteiger partial charge in [-0.25, -0.2) is 14.1 Å². The van der Waals surface area contributed by atoms with Crippen LogP contribution >= 0.6 is 27.5 Å². The van der Waals surface area contributed by atoms with Crippen LogP contribution < -0.4 is 5.32 Å². The van der Waals surface area contributed by atoms with E-state index in [0.717, 1.165) is 37.8 Å². The first-order valence-corrected chi connectivity index (χ1v) is 13.2. The Kier molecular flexibility index (Phi) is 5.38. The molecule has 0 radical (unpaired) electrons. The number of carbonyl (C=O) groups excluding carboxylic acids is 1. The van der Waals surface area contributed by atoms with Gasteiger partial charge in [0.1, 0.15) is 12.1 Å². The summed E-state index contributed by atoms with van der Waals surface area (Å²) in [5, 5.41) is 12.8. The second kappa shape index (κ2) is 8.13. The molecule has 4 aliphatic rings. The summed E-state index contributed by atoms with van der Waals surface area (Å²) in [5.74, 6) is 0.718. The van der Waals surface area contributed by atoms with Crippen molar-refractivity contribution in [2.45, 2.75) is 64.5 Å². The van der Waals surface area contributed by atoms with Crippen LogP contribution in [0.2, 0.25) is 5.02 Å². The van der Waals surface area contributed by atoms with Gasteiger partial charge in [0.2, 0.25) is 10.6 Å². The van der Waals surface area contributed by atoms with Crippen molar-refractivity contribution >= 4 is 39.1 Å². The largest absolute Gasteiger partial charge is 0.322 e. The molecule has 3 aromatic rings. The maximum absolute atomic E-state index is 14.4. The number of amides is 1. The van der Waals surface area contributed by atoms with E-state index >= 15 is 0 Å². The topological polar surface area (TPSA) is 77.6 Å². The third-order valence-electron chi connectivity index (χ3n) is 8.45. The fourth-order valence-corrected chi connectivity index (χ4v) is 7.82. The van der Waals surface area contributed by atoms with Gasteiger partial charge in [0.15, 0.2) is 0 Å². The quantitative estimate of drug-likeness (QED) is 0.438. The summed E-state index contributed by atoms with van der Waals surface area (Å²) in [7, 11) is 0. The van der Waals surface area contributed by atoms with Crippen LogP contribution in [0.5, 0.6) is 0 Å². The zero-order chi connectivity index (χ0) is 24.5. The Morgan fingerprint density at radius 1 is 1.23 bits per heavy atom. The van der Waals surface area contributed by atoms with Crippen LogP contribution in [0, 0.1) is 36.9 Å². The Labute approximate surface area is 216 Å². The van der Waals surface area contributed by atoms with E-state index in [-0.39, 0.29) is 23.8 Å². The predicted molar refractivity (Wildman–Crippen MR) is 134 cm³/mol. The fourth-order valence-electron chi connectivity index (χ4n) is 7.33. The van der Waals surface area contributed by atoms with Gasteiger partial charge in [-0.3, -0.25) is 9.48 Å². The number of aryl methyl sites for hydroxylation is 1. The maximum Gasteiger partial charge on any atom is 0.230 e. The predicted octanol–water partition coefficient (Wildman–Crippen LogP) is 5.63. The molecular weight excluding hydrogens is 535 g/mol. The lowest BCUT2D eigenvalue weighted by Gasteiger charge is -2.60. The monoisotopic (exact) mass is 560 g/mol. The van der Waals surface area contributed by atoms with Crippen molar-refractivity contribution in [1.82, 2.24) is 24.5 Å². The van der Waals surface area contributed by atoms with Gasteiger partial charge in [0, 0.05) is 10.6 Å². The highest BCUT2D eigenvalue weighted by Crippen LogP contribution is 2.64. The average Bonchev–Trinajstić information content (AvgIpc) is 3.34. The van der Waals surface area contributed by atoms with Crippen LogP contribution in [0.1, 0.15) is 55.5 Å². The molecule has 1 amide bonds. The zero-order valence-electron chi connectivity index (χ0n) is 19.7. The minimum absolute atomic E-state index is 0.0600. The van der Waals surface area contributed by atoms with Gasteiger partial charge < -0.3 is 5.32 Å². The summed E-state index contributed by atoms with van der Waals surface area (Å²) in [6.07, 6.45) is 7.67. The molecule has 0 aliphatic heterocycles. The Bertz CT molecular complexity index is 1300. The standard InChI is InChI=1S/C25H27BrClFN6O/c1-14-21(15(2)33(31-14)11-18-19(27)4-3-5-20(18)28)30-22(35)24-7-16-6-17(8-24)10-25(9-16,12-24)34-13-29-23(26)32-34/h3-5,13,16-17H,6-12H2,1-2H3,(H,30,35). The molecule has 2 heterocycles. The highest BCUT2D eigenvalue weighted by atomic mass is 79.9. The van der Waals surface area contributed by atoms with E-state index in [4.69, 9.17) is 11.6 Å². The molecule has 2 aromatic heterocycles. The molecule has 7 nitrogen and oxygen atoms in total. The number of benzene rings is 1. The molecule has 10 heteroatoms. The maximum atomic E-state index is 14.4. The second-order valence-electron chi connectivity index (χ2n) is 10.8. The average molecular weight is 562 g/mol. The summed E-state index contributed by atoms with van der Waals surface area (Å²) in [5.41, 5.74) is 2.00. The van der Waals surface area contributed by atoms with Crippen LogP contribution in [0.25, 0.3) is 0 Å². The van der Waals surface area contributed by atoms with Gasteiger partial charge >= 0.3 is 0 Å². The normalized spacial score (nSPS) is 29.1. The Balaban J connectivity index is 1.28. The first-order valence-electron chi connectivity index (χ1n) is 12.0. The summed E-state index contributed by atoms with van der Waals surface area (Å²) < 4.78 is 18.7. The minimum Gasteiger partial charge on any atom is -0.322 e. The fraction of sp³-hybridized carbons (Fsp3) is 0.520. The van der Waals surface area contributed by atoms with E-state index in [2.05, 4.69) is 36.4 Å². The second-order valence-corrected chi connectivity index (χ2v) is 11.9. The number of hydrogen-bond donors (Lipinski definition) is 1. The lowest BCUT2D eigenvalue weighted by molar-refractivity contribution is -0.150. The molecule has 184 valence electrons. The third kappa shape index (κ3) is 3.73. The van der Waals surface area contributed by atoms with Gasteiger partial charge in [0.05, 0.1) is 34.6 Å². The number of aromatic nitrogens is 5. The van der Waals surface area contributed by atoms with Crippen molar-refractivity contribution in [3.8, 4) is 0 Å². The smallest absolute Gasteiger partial charge is 0.230 e. The van der Waals surface area contributed by atoms with E-state index in [1.165, 1.54) is 12.5 Å². The third-order valence-corrected chi connectivity index (χ3v) is 9.17. The van der Waals surface area contributed by atoms with Crippen LogP contribution in [0.3, 0.4) is 0 Å². The highest BCUT2D eigenvalue weighted by Gasteiger charge is 2.61. The number of anilines is 1. The molecule has 7 rings (SSSR count). The van der Waals surface area contributed by atoms with Crippen molar-refractivity contribution in [2.24, 2.45) is 17.3 Å². The van der Waals surface area contributed by atoms with E-state index in [1.807, 2.05) is 18.5 Å². The molecule has 4 saturated carbocycles. The Hall–Kier alpha value is -2.26. The lowest BCUT2D eigenvalue weighted by atomic mass is 9.46. The number of nitrogens with zero attached hydrogens (tertiary/aromatic N) is 5. The molecular formula is C25H27BrClFN6O. The van der Waals surface area contributed by atoms with Crippen LogP contribution in [0.15, 0.2) is 29.3 Å². The Morgan fingerprint density at radius 2 is 1.97 bits per heavy atom. The molecule has 4 bridgehead atoms. The molecule has 0 saturated heterocycles. The molecule has 0 spiro atoms. The van der Waals surface area contributed by atoms with Crippen molar-refractivity contribution in [2.75, 3.05) is 5.32 Å². The molecule has 35 heavy (non-hydrogen) atoms. The van der Waals surface area contributed by atoms with E-state index in [9.17, 15) is 9.18 Å². The lowest BCUT2D eigenvalue weighted by Crippen LogP contribution is -2.60. The molecule has 2 atom stereocenters. The summed E-state index contributed by atoms with van der Waals surface area (Å²) in [6.45, 7) is 3.97. The van der Waals surface area contributed by atoms with E-state index in [1.54, 1.807) is 23.1 Å². The van der Waals surface area contributed by atoms with Crippen molar-refractivity contribution < 1.29 is 9.18 Å². The van der Waals surface area contributed by atoms with Crippen LogP contribution in [-0.4, -0.2) is 30.5 Å². The number of halogens is 3. The van der Waals surface area contributed by atoms with Gasteiger partial charge in [-0.05, 0) is 92.3 Å². The first kappa shape index (κ1) is 23.2. The number of nitrogens with one attached hydrogen (secondary N) is 1. The minimum atomic E-state index is -0.432. The summed E-state index contributed by atoms with van der Waals surface area (Å²) in [4.78, 5) is 18.2. The van der Waals surface area contributed by atoms with E-state index < -0.39 is 5.41 Å². The van der Waals surface area contributed by atoms with Gasteiger partial charge in [-0.15, -0.1) is 5.10 Å². The molecule has 1 aromatic carbocycles. The van der Waals surface area contributed by atoms with Gasteiger partial charge in [-0.1, -0.05) is 17.7 Å². The van der Waals surface area contributed by atoms with Crippen LogP contribution in [0.4, 0.5) is 10.1 Å². The van der Waals surface area contributed by atoms with Gasteiger partial charge in [0.25, 0.3) is 0 Å². The number of carbonyl (C=O) groups is 1. The SMILES string of the molecule is Cc1nn(Cc2c(F)cccc2Cl)c(C)c1NC(=O)C12CC3CC(C1)CC(n1cnc(Br)n1)(C3)C2. The van der Waals surface area contributed by atoms with Crippen molar-refractivity contribution in [1.29, 1.82) is 0 Å². The molecule has 1 N–H and O–H groups in total. The Morgan fingerprint density at radius 3 is 2.63 bits per heavy atom. The summed E-state index contributed by atoms with van der Waals surface area (Å²) in [6, 6.07) is 4.65. The van der Waals surface area contributed by atoms with E-state index in [0.29, 0.717) is 38.5 Å². The van der Waals surface area contributed by atoms with Crippen LogP contribution in [-0.2, 0) is 16.9 Å².